The fourth-order valence-corrected chi connectivity index (χ4v) is 1.88. The van der Waals surface area contributed by atoms with E-state index in [4.69, 9.17) is 5.73 Å². The van der Waals surface area contributed by atoms with Crippen molar-refractivity contribution in [3.63, 3.8) is 0 Å². The standard InChI is InChI=1S/C14H10BrF3N2O/c15-11-6-1-8(7-12(11)19)13(21)20-10-4-2-9(3-5-10)14(16,17)18/h1-7H,19H2,(H,20,21). The molecule has 0 saturated heterocycles. The second kappa shape index (κ2) is 5.77. The number of alkyl halides is 3. The minimum absolute atomic E-state index is 0.273. The van der Waals surface area contributed by atoms with Gasteiger partial charge in [0.1, 0.15) is 0 Å². The highest BCUT2D eigenvalue weighted by molar-refractivity contribution is 9.10. The Labute approximate surface area is 127 Å². The molecule has 7 heteroatoms. The maximum absolute atomic E-state index is 12.4. The van der Waals surface area contributed by atoms with Crippen LogP contribution in [-0.2, 0) is 6.18 Å². The Kier molecular flexibility index (Phi) is 4.22. The zero-order valence-electron chi connectivity index (χ0n) is 10.5. The molecule has 0 radical (unpaired) electrons. The average molecular weight is 359 g/mol. The second-order valence-electron chi connectivity index (χ2n) is 4.27. The maximum atomic E-state index is 12.4. The summed E-state index contributed by atoms with van der Waals surface area (Å²) < 4.78 is 37.9. The Balaban J connectivity index is 2.14. The van der Waals surface area contributed by atoms with Gasteiger partial charge in [0.05, 0.1) is 5.56 Å². The molecule has 0 spiro atoms. The molecule has 0 aliphatic carbocycles. The molecule has 3 N–H and O–H groups in total. The zero-order chi connectivity index (χ0) is 15.6. The fraction of sp³-hybridized carbons (Fsp3) is 0.0714. The summed E-state index contributed by atoms with van der Waals surface area (Å²) in [4.78, 5) is 12.0. The molecular weight excluding hydrogens is 349 g/mol. The lowest BCUT2D eigenvalue weighted by molar-refractivity contribution is -0.137. The predicted molar refractivity (Wildman–Crippen MR) is 78.0 cm³/mol. The van der Waals surface area contributed by atoms with E-state index >= 15 is 0 Å². The van der Waals surface area contributed by atoms with Crippen LogP contribution in [-0.4, -0.2) is 5.91 Å². The van der Waals surface area contributed by atoms with Crippen LogP contribution in [0.3, 0.4) is 0 Å². The van der Waals surface area contributed by atoms with Crippen molar-refractivity contribution in [3.05, 3.63) is 58.1 Å². The van der Waals surface area contributed by atoms with Gasteiger partial charge in [-0.1, -0.05) is 0 Å². The van der Waals surface area contributed by atoms with Crippen LogP contribution in [0.25, 0.3) is 0 Å². The number of hydrogen-bond donors (Lipinski definition) is 2. The predicted octanol–water partition coefficient (Wildman–Crippen LogP) is 4.30. The van der Waals surface area contributed by atoms with Crippen molar-refractivity contribution >= 4 is 33.2 Å². The van der Waals surface area contributed by atoms with E-state index in [0.717, 1.165) is 12.1 Å². The SMILES string of the molecule is Nc1cc(C(=O)Nc2ccc(C(F)(F)F)cc2)ccc1Br. The van der Waals surface area contributed by atoms with E-state index in [2.05, 4.69) is 21.2 Å². The Bertz CT molecular complexity index is 669. The summed E-state index contributed by atoms with van der Waals surface area (Å²) in [5.41, 5.74) is 5.88. The van der Waals surface area contributed by atoms with Crippen LogP contribution in [0.4, 0.5) is 24.5 Å². The smallest absolute Gasteiger partial charge is 0.398 e. The normalized spacial score (nSPS) is 11.2. The number of halogens is 4. The van der Waals surface area contributed by atoms with Crippen LogP contribution >= 0.6 is 15.9 Å². The van der Waals surface area contributed by atoms with Gasteiger partial charge in [-0.05, 0) is 58.4 Å². The number of hydrogen-bond acceptors (Lipinski definition) is 2. The van der Waals surface area contributed by atoms with E-state index in [-0.39, 0.29) is 5.69 Å². The summed E-state index contributed by atoms with van der Waals surface area (Å²) >= 11 is 3.21. The summed E-state index contributed by atoms with van der Waals surface area (Å²) in [6.45, 7) is 0. The molecule has 110 valence electrons. The summed E-state index contributed by atoms with van der Waals surface area (Å²) in [6.07, 6.45) is -4.40. The zero-order valence-corrected chi connectivity index (χ0v) is 12.1. The van der Waals surface area contributed by atoms with Gasteiger partial charge in [-0.3, -0.25) is 4.79 Å². The summed E-state index contributed by atoms with van der Waals surface area (Å²) in [7, 11) is 0. The van der Waals surface area contributed by atoms with E-state index < -0.39 is 17.6 Å². The Morgan fingerprint density at radius 2 is 1.71 bits per heavy atom. The topological polar surface area (TPSA) is 55.1 Å². The van der Waals surface area contributed by atoms with Gasteiger partial charge in [-0.2, -0.15) is 13.2 Å². The molecule has 2 aromatic carbocycles. The van der Waals surface area contributed by atoms with E-state index in [1.54, 1.807) is 12.1 Å². The first-order valence-corrected chi connectivity index (χ1v) is 6.60. The molecule has 1 amide bonds. The molecular formula is C14H10BrF3N2O. The molecule has 0 aliphatic rings. The molecule has 3 nitrogen and oxygen atoms in total. The quantitative estimate of drug-likeness (QED) is 0.786. The van der Waals surface area contributed by atoms with E-state index in [0.29, 0.717) is 15.7 Å². The van der Waals surface area contributed by atoms with Crippen molar-refractivity contribution in [2.45, 2.75) is 6.18 Å². The Hall–Kier alpha value is -2.02. The van der Waals surface area contributed by atoms with Crippen LogP contribution in [0, 0.1) is 0 Å². The van der Waals surface area contributed by atoms with Gasteiger partial charge < -0.3 is 11.1 Å². The number of anilines is 2. The largest absolute Gasteiger partial charge is 0.416 e. The average Bonchev–Trinajstić information content (AvgIpc) is 2.41. The van der Waals surface area contributed by atoms with Gasteiger partial charge in [0, 0.05) is 21.4 Å². The minimum atomic E-state index is -4.40. The summed E-state index contributed by atoms with van der Waals surface area (Å²) in [5.74, 6) is -0.450. The van der Waals surface area contributed by atoms with Crippen molar-refractivity contribution in [1.82, 2.24) is 0 Å². The molecule has 0 fully saturated rings. The third kappa shape index (κ3) is 3.75. The number of nitrogens with one attached hydrogen (secondary N) is 1. The van der Waals surface area contributed by atoms with Crippen LogP contribution in [0.2, 0.25) is 0 Å². The van der Waals surface area contributed by atoms with Crippen LogP contribution in [0.15, 0.2) is 46.9 Å². The first-order valence-electron chi connectivity index (χ1n) is 5.81. The van der Waals surface area contributed by atoms with Crippen molar-refractivity contribution in [3.8, 4) is 0 Å². The molecule has 21 heavy (non-hydrogen) atoms. The first-order chi connectivity index (χ1) is 9.77. The highest BCUT2D eigenvalue weighted by Crippen LogP contribution is 2.30. The molecule has 0 saturated carbocycles. The van der Waals surface area contributed by atoms with Crippen molar-refractivity contribution in [2.75, 3.05) is 11.1 Å². The lowest BCUT2D eigenvalue weighted by Crippen LogP contribution is -2.12. The summed E-state index contributed by atoms with van der Waals surface area (Å²) in [6, 6.07) is 8.86. The third-order valence-corrected chi connectivity index (χ3v) is 3.45. The third-order valence-electron chi connectivity index (χ3n) is 2.73. The van der Waals surface area contributed by atoms with Crippen molar-refractivity contribution in [2.24, 2.45) is 0 Å². The Morgan fingerprint density at radius 1 is 1.10 bits per heavy atom. The Morgan fingerprint density at radius 3 is 2.24 bits per heavy atom. The summed E-state index contributed by atoms with van der Waals surface area (Å²) in [5, 5.41) is 2.51. The molecule has 0 unspecified atom stereocenters. The number of nitrogen functional groups attached to an aromatic ring is 1. The number of carbonyl (C=O) groups is 1. The molecule has 0 atom stereocenters. The number of rotatable bonds is 2. The molecule has 0 aliphatic heterocycles. The molecule has 2 rings (SSSR count). The van der Waals surface area contributed by atoms with Gasteiger partial charge in [0.2, 0.25) is 0 Å². The maximum Gasteiger partial charge on any atom is 0.416 e. The molecule has 0 aromatic heterocycles. The second-order valence-corrected chi connectivity index (χ2v) is 5.12. The van der Waals surface area contributed by atoms with Crippen LogP contribution < -0.4 is 11.1 Å². The highest BCUT2D eigenvalue weighted by Gasteiger charge is 2.29. The van der Waals surface area contributed by atoms with Gasteiger partial charge in [0.25, 0.3) is 5.91 Å². The monoisotopic (exact) mass is 358 g/mol. The van der Waals surface area contributed by atoms with E-state index in [9.17, 15) is 18.0 Å². The van der Waals surface area contributed by atoms with Crippen molar-refractivity contribution < 1.29 is 18.0 Å². The molecule has 0 heterocycles. The van der Waals surface area contributed by atoms with E-state index in [1.165, 1.54) is 18.2 Å². The first kappa shape index (κ1) is 15.4. The van der Waals surface area contributed by atoms with Gasteiger partial charge in [-0.15, -0.1) is 0 Å². The number of carbonyl (C=O) groups excluding carboxylic acids is 1. The number of benzene rings is 2. The van der Waals surface area contributed by atoms with Gasteiger partial charge >= 0.3 is 6.18 Å². The van der Waals surface area contributed by atoms with Gasteiger partial charge in [0.15, 0.2) is 0 Å². The molecule has 2 aromatic rings. The number of amides is 1. The fourth-order valence-electron chi connectivity index (χ4n) is 1.63. The lowest BCUT2D eigenvalue weighted by Gasteiger charge is -2.09. The number of nitrogens with two attached hydrogens (primary N) is 1. The van der Waals surface area contributed by atoms with Crippen molar-refractivity contribution in [1.29, 1.82) is 0 Å². The van der Waals surface area contributed by atoms with Crippen LogP contribution in [0.1, 0.15) is 15.9 Å². The highest BCUT2D eigenvalue weighted by atomic mass is 79.9. The minimum Gasteiger partial charge on any atom is -0.398 e. The van der Waals surface area contributed by atoms with Crippen LogP contribution in [0.5, 0.6) is 0 Å². The lowest BCUT2D eigenvalue weighted by atomic mass is 10.1. The van der Waals surface area contributed by atoms with Gasteiger partial charge in [-0.25, -0.2) is 0 Å². The molecule has 0 bridgehead atoms. The van der Waals surface area contributed by atoms with E-state index in [1.807, 2.05) is 0 Å².